The molecule has 0 spiro atoms. The number of rotatable bonds is 6. The molecule has 0 fully saturated rings. The third kappa shape index (κ3) is 4.12. The van der Waals surface area contributed by atoms with E-state index in [1.54, 1.807) is 4.72 Å². The first-order valence-electron chi connectivity index (χ1n) is 5.36. The second kappa shape index (κ2) is 6.02. The van der Waals surface area contributed by atoms with E-state index in [0.29, 0.717) is 0 Å². The van der Waals surface area contributed by atoms with Crippen LogP contribution in [0.4, 0.5) is 8.78 Å². The number of carboxylic acid groups (broad SMARTS) is 1. The van der Waals surface area contributed by atoms with E-state index in [1.807, 2.05) is 0 Å². The second-order valence-corrected chi connectivity index (χ2v) is 6.47. The van der Waals surface area contributed by atoms with Gasteiger partial charge in [-0.1, -0.05) is 11.6 Å². The molecule has 20 heavy (non-hydrogen) atoms. The third-order valence-corrected chi connectivity index (χ3v) is 4.37. The molecule has 0 aromatic heterocycles. The number of sulfonamides is 1. The van der Waals surface area contributed by atoms with Crippen molar-refractivity contribution in [2.45, 2.75) is 30.2 Å². The Kier molecular flexibility index (Phi) is 5.06. The van der Waals surface area contributed by atoms with E-state index in [1.165, 1.54) is 12.1 Å². The summed E-state index contributed by atoms with van der Waals surface area (Å²) in [6.45, 7) is 0.833. The maximum absolute atomic E-state index is 12.9. The molecule has 0 amide bonds. The lowest BCUT2D eigenvalue weighted by atomic mass is 10.0. The molecule has 0 bridgehead atoms. The first-order valence-corrected chi connectivity index (χ1v) is 7.22. The molecule has 1 aromatic carbocycles. The summed E-state index contributed by atoms with van der Waals surface area (Å²) in [4.78, 5) is 10.3. The van der Waals surface area contributed by atoms with Crippen molar-refractivity contribution in [1.82, 2.24) is 4.72 Å². The molecule has 1 rings (SSSR count). The van der Waals surface area contributed by atoms with Crippen molar-refractivity contribution in [3.63, 3.8) is 0 Å². The molecule has 9 heteroatoms. The average molecular weight is 328 g/mol. The molecule has 0 saturated heterocycles. The first-order chi connectivity index (χ1) is 9.07. The van der Waals surface area contributed by atoms with E-state index in [2.05, 4.69) is 0 Å². The molecule has 0 aliphatic heterocycles. The van der Waals surface area contributed by atoms with Crippen molar-refractivity contribution in [2.24, 2.45) is 0 Å². The van der Waals surface area contributed by atoms with Crippen molar-refractivity contribution in [3.8, 4) is 0 Å². The fourth-order valence-corrected chi connectivity index (χ4v) is 2.96. The standard InChI is InChI=1S/C11H12ClF2NO4S/c1-11(10(13)14,6-9(16)17)15-20(18,19)8-4-2-7(12)3-5-8/h2-5,10,15H,6H2,1H3,(H,16,17). The summed E-state index contributed by atoms with van der Waals surface area (Å²) in [5.41, 5.74) is -2.40. The molecule has 1 aromatic rings. The first kappa shape index (κ1) is 16.8. The van der Waals surface area contributed by atoms with Crippen LogP contribution in [0.5, 0.6) is 0 Å². The van der Waals surface area contributed by atoms with Crippen molar-refractivity contribution < 1.29 is 27.1 Å². The molecule has 1 unspecified atom stereocenters. The maximum Gasteiger partial charge on any atom is 0.305 e. The highest BCUT2D eigenvalue weighted by molar-refractivity contribution is 7.89. The highest BCUT2D eigenvalue weighted by atomic mass is 35.5. The molecule has 5 nitrogen and oxygen atoms in total. The number of halogens is 3. The summed E-state index contributed by atoms with van der Waals surface area (Å²) in [5.74, 6) is -1.54. The van der Waals surface area contributed by atoms with Crippen molar-refractivity contribution in [3.05, 3.63) is 29.3 Å². The number of carbonyl (C=O) groups is 1. The van der Waals surface area contributed by atoms with E-state index in [-0.39, 0.29) is 9.92 Å². The predicted octanol–water partition coefficient (Wildman–Crippen LogP) is 2.12. The van der Waals surface area contributed by atoms with Gasteiger partial charge in [-0.25, -0.2) is 17.2 Å². The molecular formula is C11H12ClF2NO4S. The molecule has 1 atom stereocenters. The predicted molar refractivity (Wildman–Crippen MR) is 68.4 cm³/mol. The maximum atomic E-state index is 12.9. The van der Waals surface area contributed by atoms with Gasteiger partial charge in [0, 0.05) is 5.02 Å². The van der Waals surface area contributed by atoms with Crippen LogP contribution in [0.1, 0.15) is 13.3 Å². The third-order valence-electron chi connectivity index (χ3n) is 2.49. The fraction of sp³-hybridized carbons (Fsp3) is 0.364. The van der Waals surface area contributed by atoms with Gasteiger partial charge in [0.05, 0.1) is 11.3 Å². The minimum Gasteiger partial charge on any atom is -0.481 e. The zero-order chi connectivity index (χ0) is 15.6. The zero-order valence-corrected chi connectivity index (χ0v) is 11.9. The molecule has 0 aliphatic rings. The van der Waals surface area contributed by atoms with Gasteiger partial charge in [-0.2, -0.15) is 4.72 Å². The van der Waals surface area contributed by atoms with Gasteiger partial charge in [0.1, 0.15) is 5.54 Å². The Bertz CT molecular complexity index is 591. The Balaban J connectivity index is 3.09. The van der Waals surface area contributed by atoms with Crippen LogP contribution in [0.15, 0.2) is 29.2 Å². The van der Waals surface area contributed by atoms with Gasteiger partial charge in [-0.3, -0.25) is 4.79 Å². The SMILES string of the molecule is CC(CC(=O)O)(NS(=O)(=O)c1ccc(Cl)cc1)C(F)F. The lowest BCUT2D eigenvalue weighted by molar-refractivity contribution is -0.140. The topological polar surface area (TPSA) is 83.5 Å². The highest BCUT2D eigenvalue weighted by Gasteiger charge is 2.41. The molecular weight excluding hydrogens is 316 g/mol. The van der Waals surface area contributed by atoms with Crippen LogP contribution in [-0.4, -0.2) is 31.5 Å². The summed E-state index contributed by atoms with van der Waals surface area (Å²) < 4.78 is 51.5. The zero-order valence-electron chi connectivity index (χ0n) is 10.3. The van der Waals surface area contributed by atoms with Crippen molar-refractivity contribution >= 4 is 27.6 Å². The van der Waals surface area contributed by atoms with E-state index in [0.717, 1.165) is 19.1 Å². The quantitative estimate of drug-likeness (QED) is 0.838. The average Bonchev–Trinajstić information content (AvgIpc) is 2.27. The fourth-order valence-electron chi connectivity index (χ4n) is 1.45. The van der Waals surface area contributed by atoms with Crippen LogP contribution in [0.2, 0.25) is 5.02 Å². The summed E-state index contributed by atoms with van der Waals surface area (Å²) in [5, 5.41) is 8.90. The van der Waals surface area contributed by atoms with Crippen LogP contribution >= 0.6 is 11.6 Å². The highest BCUT2D eigenvalue weighted by Crippen LogP contribution is 2.23. The molecule has 0 aliphatic carbocycles. The summed E-state index contributed by atoms with van der Waals surface area (Å²) in [6, 6.07) is 4.84. The number of nitrogens with one attached hydrogen (secondary N) is 1. The van der Waals surface area contributed by atoms with Gasteiger partial charge < -0.3 is 5.11 Å². The molecule has 0 heterocycles. The van der Waals surface area contributed by atoms with Gasteiger partial charge in [0.25, 0.3) is 6.43 Å². The number of hydrogen-bond acceptors (Lipinski definition) is 3. The van der Waals surface area contributed by atoms with Gasteiger partial charge in [0.15, 0.2) is 0 Å². The molecule has 0 saturated carbocycles. The van der Waals surface area contributed by atoms with Crippen LogP contribution in [-0.2, 0) is 14.8 Å². The lowest BCUT2D eigenvalue weighted by Gasteiger charge is -2.27. The number of aliphatic carboxylic acids is 1. The normalized spacial score (nSPS) is 15.1. The van der Waals surface area contributed by atoms with Crippen LogP contribution < -0.4 is 4.72 Å². The summed E-state index contributed by atoms with van der Waals surface area (Å²) in [7, 11) is -4.28. The summed E-state index contributed by atoms with van der Waals surface area (Å²) in [6.07, 6.45) is -4.22. The Morgan fingerprint density at radius 3 is 2.30 bits per heavy atom. The van der Waals surface area contributed by atoms with E-state index in [4.69, 9.17) is 16.7 Å². The number of hydrogen-bond donors (Lipinski definition) is 2. The van der Waals surface area contributed by atoms with E-state index >= 15 is 0 Å². The van der Waals surface area contributed by atoms with Crippen molar-refractivity contribution in [1.29, 1.82) is 0 Å². The van der Waals surface area contributed by atoms with Gasteiger partial charge in [-0.05, 0) is 31.2 Å². The van der Waals surface area contributed by atoms with Gasteiger partial charge in [0.2, 0.25) is 10.0 Å². The van der Waals surface area contributed by atoms with Gasteiger partial charge >= 0.3 is 5.97 Å². The Labute approximate surface area is 119 Å². The molecule has 0 radical (unpaired) electrons. The van der Waals surface area contributed by atoms with Crippen LogP contribution in [0, 0.1) is 0 Å². The Morgan fingerprint density at radius 2 is 1.90 bits per heavy atom. The Morgan fingerprint density at radius 1 is 1.40 bits per heavy atom. The molecule has 112 valence electrons. The Hall–Kier alpha value is -1.25. The van der Waals surface area contributed by atoms with E-state index < -0.39 is 34.4 Å². The van der Waals surface area contributed by atoms with Crippen LogP contribution in [0.3, 0.4) is 0 Å². The molecule has 2 N–H and O–H groups in total. The smallest absolute Gasteiger partial charge is 0.305 e. The monoisotopic (exact) mass is 327 g/mol. The number of alkyl halides is 2. The lowest BCUT2D eigenvalue weighted by Crippen LogP contribution is -2.52. The summed E-state index contributed by atoms with van der Waals surface area (Å²) >= 11 is 5.60. The number of carboxylic acids is 1. The van der Waals surface area contributed by atoms with Crippen molar-refractivity contribution in [2.75, 3.05) is 0 Å². The minimum atomic E-state index is -4.28. The largest absolute Gasteiger partial charge is 0.481 e. The second-order valence-electron chi connectivity index (χ2n) is 4.35. The van der Waals surface area contributed by atoms with Gasteiger partial charge in [-0.15, -0.1) is 0 Å². The van der Waals surface area contributed by atoms with E-state index in [9.17, 15) is 22.0 Å². The number of benzene rings is 1. The minimum absolute atomic E-state index is 0.279. The van der Waals surface area contributed by atoms with Crippen LogP contribution in [0.25, 0.3) is 0 Å².